The van der Waals surface area contributed by atoms with Crippen molar-refractivity contribution < 1.29 is 9.53 Å². The first-order chi connectivity index (χ1) is 13.0. The van der Waals surface area contributed by atoms with Gasteiger partial charge in [0.05, 0.1) is 12.5 Å². The number of nitrogens with one attached hydrogen (secondary N) is 2. The molecule has 0 atom stereocenters. The molecule has 1 aliphatic carbocycles. The van der Waals surface area contributed by atoms with E-state index < -0.39 is 0 Å². The van der Waals surface area contributed by atoms with Crippen LogP contribution in [0.3, 0.4) is 0 Å². The minimum Gasteiger partial charge on any atom is -0.497 e. The second kappa shape index (κ2) is 12.1. The summed E-state index contributed by atoms with van der Waals surface area (Å²) < 4.78 is 5.19. The lowest BCUT2D eigenvalue weighted by molar-refractivity contribution is -0.138. The van der Waals surface area contributed by atoms with Gasteiger partial charge in [-0.25, -0.2) is 0 Å². The van der Waals surface area contributed by atoms with Crippen LogP contribution in [0.25, 0.3) is 0 Å². The molecular formula is C21H35IN4O2. The van der Waals surface area contributed by atoms with E-state index in [-0.39, 0.29) is 35.3 Å². The monoisotopic (exact) mass is 502 g/mol. The lowest BCUT2D eigenvalue weighted by Crippen LogP contribution is -2.49. The first-order valence-corrected chi connectivity index (χ1v) is 9.80. The lowest BCUT2D eigenvalue weighted by atomic mass is 9.84. The zero-order valence-corrected chi connectivity index (χ0v) is 19.9. The Labute approximate surface area is 186 Å². The molecule has 6 nitrogen and oxygen atoms in total. The number of aryl methyl sites for hydroxylation is 1. The number of rotatable bonds is 8. The van der Waals surface area contributed by atoms with Gasteiger partial charge in [0.1, 0.15) is 5.75 Å². The summed E-state index contributed by atoms with van der Waals surface area (Å²) in [5.74, 6) is 1.87. The fourth-order valence-electron chi connectivity index (χ4n) is 3.76. The minimum atomic E-state index is -0.287. The Morgan fingerprint density at radius 3 is 2.36 bits per heavy atom. The van der Waals surface area contributed by atoms with E-state index in [0.717, 1.165) is 56.8 Å². The van der Waals surface area contributed by atoms with E-state index in [2.05, 4.69) is 27.8 Å². The molecule has 2 N–H and O–H groups in total. The number of ether oxygens (including phenoxy) is 1. The average Bonchev–Trinajstić information content (AvgIpc) is 3.17. The standard InChI is InChI=1S/C21H34N4O2.HI/c1-22-20(23-15-7-8-17-9-11-18(27-4)12-10-17)24-16-21(13-5-6-14-21)19(26)25(2)3;/h9-12H,5-8,13-16H2,1-4H3,(H2,22,23,24);1H. The Morgan fingerprint density at radius 2 is 1.82 bits per heavy atom. The van der Waals surface area contributed by atoms with Crippen molar-refractivity contribution in [2.45, 2.75) is 38.5 Å². The van der Waals surface area contributed by atoms with E-state index in [1.807, 2.05) is 26.2 Å². The summed E-state index contributed by atoms with van der Waals surface area (Å²) in [6.07, 6.45) is 6.15. The number of carbonyl (C=O) groups excluding carboxylic acids is 1. The number of hydrogen-bond donors (Lipinski definition) is 2. The largest absolute Gasteiger partial charge is 0.497 e. The van der Waals surface area contributed by atoms with Gasteiger partial charge in [-0.05, 0) is 43.4 Å². The first-order valence-electron chi connectivity index (χ1n) is 9.80. The van der Waals surface area contributed by atoms with Gasteiger partial charge < -0.3 is 20.3 Å². The molecule has 2 rings (SSSR count). The highest BCUT2D eigenvalue weighted by Crippen LogP contribution is 2.38. The van der Waals surface area contributed by atoms with E-state index in [0.29, 0.717) is 6.54 Å². The van der Waals surface area contributed by atoms with Gasteiger partial charge in [-0.3, -0.25) is 9.79 Å². The van der Waals surface area contributed by atoms with Crippen LogP contribution in [0.5, 0.6) is 5.75 Å². The molecule has 0 spiro atoms. The highest BCUT2D eigenvalue weighted by molar-refractivity contribution is 14.0. The van der Waals surface area contributed by atoms with Crippen LogP contribution in [0.4, 0.5) is 0 Å². The molecule has 0 aromatic heterocycles. The number of nitrogens with zero attached hydrogens (tertiary/aromatic N) is 2. The summed E-state index contributed by atoms with van der Waals surface area (Å²) in [4.78, 5) is 18.7. The number of methoxy groups -OCH3 is 1. The van der Waals surface area contributed by atoms with Gasteiger partial charge in [0.25, 0.3) is 0 Å². The van der Waals surface area contributed by atoms with Gasteiger partial charge in [-0.2, -0.15) is 0 Å². The van der Waals surface area contributed by atoms with Crippen molar-refractivity contribution >= 4 is 35.8 Å². The first kappa shape index (κ1) is 24.5. The van der Waals surface area contributed by atoms with Crippen molar-refractivity contribution in [2.75, 3.05) is 41.3 Å². The van der Waals surface area contributed by atoms with Crippen LogP contribution < -0.4 is 15.4 Å². The smallest absolute Gasteiger partial charge is 0.230 e. The highest BCUT2D eigenvalue weighted by atomic mass is 127. The van der Waals surface area contributed by atoms with Crippen LogP contribution in [-0.2, 0) is 11.2 Å². The molecule has 1 fully saturated rings. The number of guanidine groups is 1. The summed E-state index contributed by atoms with van der Waals surface area (Å²) in [7, 11) is 7.14. The summed E-state index contributed by atoms with van der Waals surface area (Å²) in [6, 6.07) is 8.18. The van der Waals surface area contributed by atoms with E-state index in [9.17, 15) is 4.79 Å². The molecule has 0 unspecified atom stereocenters. The Balaban J connectivity index is 0.00000392. The third kappa shape index (κ3) is 6.83. The Kier molecular flexibility index (Phi) is 10.6. The zero-order valence-electron chi connectivity index (χ0n) is 17.6. The number of benzene rings is 1. The number of carbonyl (C=O) groups is 1. The fraction of sp³-hybridized carbons (Fsp3) is 0.619. The van der Waals surface area contributed by atoms with Crippen LogP contribution >= 0.6 is 24.0 Å². The van der Waals surface area contributed by atoms with Gasteiger partial charge in [0, 0.05) is 34.2 Å². The molecule has 0 aliphatic heterocycles. The molecule has 1 amide bonds. The molecule has 158 valence electrons. The topological polar surface area (TPSA) is 66.0 Å². The van der Waals surface area contributed by atoms with Gasteiger partial charge in [-0.1, -0.05) is 25.0 Å². The molecule has 0 saturated heterocycles. The van der Waals surface area contributed by atoms with Crippen molar-refractivity contribution in [2.24, 2.45) is 10.4 Å². The summed E-state index contributed by atoms with van der Waals surface area (Å²) >= 11 is 0. The SMILES string of the molecule is CN=C(NCCCc1ccc(OC)cc1)NCC1(C(=O)N(C)C)CCCC1.I. The number of amides is 1. The molecule has 1 aromatic carbocycles. The fourth-order valence-corrected chi connectivity index (χ4v) is 3.76. The van der Waals surface area contributed by atoms with Crippen LogP contribution in [0.1, 0.15) is 37.7 Å². The van der Waals surface area contributed by atoms with Crippen molar-refractivity contribution in [3.8, 4) is 5.75 Å². The van der Waals surface area contributed by atoms with Crippen LogP contribution in [0.15, 0.2) is 29.3 Å². The third-order valence-corrected chi connectivity index (χ3v) is 5.33. The number of halogens is 1. The maximum atomic E-state index is 12.6. The van der Waals surface area contributed by atoms with Gasteiger partial charge >= 0.3 is 0 Å². The summed E-state index contributed by atoms with van der Waals surface area (Å²) in [5.41, 5.74) is 1.01. The van der Waals surface area contributed by atoms with Crippen molar-refractivity contribution in [3.05, 3.63) is 29.8 Å². The van der Waals surface area contributed by atoms with E-state index in [1.165, 1.54) is 5.56 Å². The predicted octanol–water partition coefficient (Wildman–Crippen LogP) is 3.06. The third-order valence-electron chi connectivity index (χ3n) is 5.33. The molecule has 7 heteroatoms. The molecule has 0 heterocycles. The van der Waals surface area contributed by atoms with Crippen LogP contribution in [-0.4, -0.2) is 58.1 Å². The molecule has 0 radical (unpaired) electrons. The number of hydrogen-bond acceptors (Lipinski definition) is 3. The second-order valence-electron chi connectivity index (χ2n) is 7.49. The highest BCUT2D eigenvalue weighted by Gasteiger charge is 2.42. The Bertz CT molecular complexity index is 626. The molecular weight excluding hydrogens is 467 g/mol. The van der Waals surface area contributed by atoms with Gasteiger partial charge in [0.15, 0.2) is 5.96 Å². The summed E-state index contributed by atoms with van der Waals surface area (Å²) in [6.45, 7) is 1.47. The predicted molar refractivity (Wildman–Crippen MR) is 126 cm³/mol. The van der Waals surface area contributed by atoms with Gasteiger partial charge in [0.2, 0.25) is 5.91 Å². The normalized spacial score (nSPS) is 15.5. The molecule has 1 aliphatic rings. The maximum absolute atomic E-state index is 12.6. The Hall–Kier alpha value is -1.51. The Morgan fingerprint density at radius 1 is 1.18 bits per heavy atom. The number of aliphatic imine (C=N–C) groups is 1. The quantitative estimate of drug-likeness (QED) is 0.248. The van der Waals surface area contributed by atoms with Crippen LogP contribution in [0, 0.1) is 5.41 Å². The zero-order chi connectivity index (χ0) is 19.7. The van der Waals surface area contributed by atoms with Gasteiger partial charge in [-0.15, -0.1) is 24.0 Å². The van der Waals surface area contributed by atoms with E-state index in [4.69, 9.17) is 4.74 Å². The maximum Gasteiger partial charge on any atom is 0.230 e. The lowest BCUT2D eigenvalue weighted by Gasteiger charge is -2.31. The van der Waals surface area contributed by atoms with Crippen molar-refractivity contribution in [3.63, 3.8) is 0 Å². The van der Waals surface area contributed by atoms with Crippen molar-refractivity contribution in [1.29, 1.82) is 0 Å². The van der Waals surface area contributed by atoms with E-state index in [1.54, 1.807) is 19.1 Å². The molecule has 1 aromatic rings. The van der Waals surface area contributed by atoms with Crippen molar-refractivity contribution in [1.82, 2.24) is 15.5 Å². The average molecular weight is 502 g/mol. The molecule has 28 heavy (non-hydrogen) atoms. The van der Waals surface area contributed by atoms with Crippen LogP contribution in [0.2, 0.25) is 0 Å². The van der Waals surface area contributed by atoms with E-state index >= 15 is 0 Å². The molecule has 1 saturated carbocycles. The molecule has 0 bridgehead atoms. The minimum absolute atomic E-state index is 0. The summed E-state index contributed by atoms with van der Waals surface area (Å²) in [5, 5.41) is 6.74. The second-order valence-corrected chi connectivity index (χ2v) is 7.49.